The van der Waals surface area contributed by atoms with Crippen molar-refractivity contribution >= 4 is 173 Å². The van der Waals surface area contributed by atoms with E-state index >= 15 is 0 Å². The standard InChI is InChI=1S/C46H27N3.C45H26N4.C45H26N2/c47-28-29-14-20-37-38-23-19-33(27-44(38)49(43(37)26-29)34-10-5-2-6-11-34)35-21-15-31-18-25-40-36(22-16-32-17-24-39(35)45(31)46(32)40)42-13-7-12-41(48-42)30-8-3-1-4-9-30;46-27-28-9-15-36-37-18-14-32(26-43(37)49(42(36)25-28)33-5-2-1-3-6-33)34-16-10-30-13-20-39-35(17-11-31-12-19-38(34)44(30)45(31)39)41-8-4-7-40(48-41)29-21-23-47-24-22-29;46-27-28-10-18-38-39-21-17-34(26-43(39)47(42(38)24-28)35-8-2-1-3-9-35)37-20-14-31-15-22-40-36(19-13-30-16-23-41(37)45(31)44(30)40)33-12-11-29-6-4-5-7-32(29)25-33/h1-27H;1-26H;1-26H. The molecule has 0 atom stereocenters. The van der Waals surface area contributed by atoms with Gasteiger partial charge in [-0.05, 0) is 286 Å². The van der Waals surface area contributed by atoms with Crippen LogP contribution in [0.15, 0.2) is 480 Å². The Bertz CT molecular complexity index is 10300. The molecule has 0 amide bonds. The lowest BCUT2D eigenvalue weighted by molar-refractivity contribution is 1.18. The molecule has 6 aromatic heterocycles. The molecule has 6 heterocycles. The molecule has 0 spiro atoms. The van der Waals surface area contributed by atoms with Crippen LogP contribution in [-0.2, 0) is 0 Å². The van der Waals surface area contributed by atoms with Gasteiger partial charge in [-0.15, -0.1) is 0 Å². The van der Waals surface area contributed by atoms with Crippen LogP contribution in [0.4, 0.5) is 0 Å². The molecule has 0 aliphatic rings. The predicted octanol–water partition coefficient (Wildman–Crippen LogP) is 35.3. The van der Waals surface area contributed by atoms with Crippen molar-refractivity contribution in [2.24, 2.45) is 0 Å². The molecule has 0 aliphatic heterocycles. The summed E-state index contributed by atoms with van der Waals surface area (Å²) in [5.74, 6) is 0. The number of nitriles is 3. The second-order valence-corrected chi connectivity index (χ2v) is 37.7. The van der Waals surface area contributed by atoms with E-state index in [2.05, 4.69) is 431 Å². The first kappa shape index (κ1) is 83.2. The number of hydrogen-bond donors (Lipinski definition) is 0. The van der Waals surface area contributed by atoms with Crippen LogP contribution >= 0.6 is 0 Å². The van der Waals surface area contributed by atoms with Crippen LogP contribution in [-0.4, -0.2) is 28.7 Å². The number of pyridine rings is 3. The third-order valence-electron chi connectivity index (χ3n) is 29.8. The van der Waals surface area contributed by atoms with Crippen LogP contribution in [0.3, 0.4) is 0 Å². The minimum absolute atomic E-state index is 0.651. The lowest BCUT2D eigenvalue weighted by Crippen LogP contribution is -1.94. The molecule has 0 saturated carbocycles. The summed E-state index contributed by atoms with van der Waals surface area (Å²) >= 11 is 0. The number of para-hydroxylation sites is 3. The average Bonchev–Trinajstić information content (AvgIpc) is 0.904. The molecule has 0 radical (unpaired) electrons. The summed E-state index contributed by atoms with van der Waals surface area (Å²) in [6.07, 6.45) is 3.61. The van der Waals surface area contributed by atoms with Crippen LogP contribution in [0.2, 0.25) is 0 Å². The third kappa shape index (κ3) is 13.6. The van der Waals surface area contributed by atoms with Gasteiger partial charge in [-0.2, -0.15) is 15.8 Å². The fourth-order valence-corrected chi connectivity index (χ4v) is 23.2. The maximum absolute atomic E-state index is 9.72. The van der Waals surface area contributed by atoms with Crippen molar-refractivity contribution in [2.75, 3.05) is 0 Å². The molecule has 30 aromatic rings. The van der Waals surface area contributed by atoms with Gasteiger partial charge < -0.3 is 13.7 Å². The van der Waals surface area contributed by atoms with Gasteiger partial charge >= 0.3 is 0 Å². The van der Waals surface area contributed by atoms with Gasteiger partial charge in [0.25, 0.3) is 0 Å². The monoisotopic (exact) mass is 1840 g/mol. The van der Waals surface area contributed by atoms with Crippen molar-refractivity contribution in [3.8, 4) is 125 Å². The molecule has 9 heteroatoms. The maximum Gasteiger partial charge on any atom is 0.0992 e. The fraction of sp³-hybridized carbons (Fsp3) is 0. The molecular weight excluding hydrogens is 1760 g/mol. The van der Waals surface area contributed by atoms with E-state index in [-0.39, 0.29) is 0 Å². The van der Waals surface area contributed by atoms with Crippen molar-refractivity contribution in [1.29, 1.82) is 15.8 Å². The van der Waals surface area contributed by atoms with E-state index in [9.17, 15) is 15.8 Å². The number of nitrogens with zero attached hydrogens (tertiary/aromatic N) is 9. The highest BCUT2D eigenvalue weighted by Crippen LogP contribution is 2.50. The lowest BCUT2D eigenvalue weighted by atomic mass is 9.87. The molecule has 145 heavy (non-hydrogen) atoms. The molecule has 0 fully saturated rings. The predicted molar refractivity (Wildman–Crippen MR) is 602 cm³/mol. The van der Waals surface area contributed by atoms with E-state index in [1.54, 1.807) is 12.4 Å². The first-order chi connectivity index (χ1) is 71.7. The minimum Gasteiger partial charge on any atom is -0.309 e. The number of aromatic nitrogens is 6. The van der Waals surface area contributed by atoms with Gasteiger partial charge in [0.05, 0.1) is 90.8 Å². The largest absolute Gasteiger partial charge is 0.309 e. The molecule has 0 aliphatic carbocycles. The molecule has 0 N–H and O–H groups in total. The van der Waals surface area contributed by atoms with Gasteiger partial charge in [0.15, 0.2) is 0 Å². The number of hydrogen-bond acceptors (Lipinski definition) is 6. The summed E-state index contributed by atoms with van der Waals surface area (Å²) in [6.45, 7) is 0. The SMILES string of the molecule is N#Cc1ccc2c3ccc(-c4ccc5ccc6c(-c7ccc8ccccc8c7)ccc7ccc4c5c76)cc3n(-c3ccccc3)c2c1.N#Cc1ccc2c3ccc(-c4ccc5ccc6c(-c7cccc(-c8ccccc8)n7)ccc7ccc4c5c76)cc3n(-c3ccccc3)c2c1.N#Cc1ccc2c3ccc(-c4ccc5ccc6c(-c7cccc(-c8ccncc8)n7)ccc7ccc4c5c76)cc3n(-c3ccccc3)c2c1. The Balaban J connectivity index is 0.000000106. The van der Waals surface area contributed by atoms with Gasteiger partial charge in [-0.1, -0.05) is 334 Å². The second kappa shape index (κ2) is 33.7. The van der Waals surface area contributed by atoms with Crippen LogP contribution in [0.1, 0.15) is 16.7 Å². The first-order valence-electron chi connectivity index (χ1n) is 48.9. The summed E-state index contributed by atoms with van der Waals surface area (Å²) in [5.41, 5.74) is 29.5. The Labute approximate surface area is 832 Å². The normalized spacial score (nSPS) is 11.7. The van der Waals surface area contributed by atoms with Crippen molar-refractivity contribution in [3.05, 3.63) is 496 Å². The summed E-state index contributed by atoms with van der Waals surface area (Å²) in [6, 6.07) is 173. The first-order valence-corrected chi connectivity index (χ1v) is 48.9. The van der Waals surface area contributed by atoms with E-state index < -0.39 is 0 Å². The summed E-state index contributed by atoms with van der Waals surface area (Å²) in [4.78, 5) is 14.4. The Hall–Kier alpha value is -20.0. The van der Waals surface area contributed by atoms with Gasteiger partial charge in [0.2, 0.25) is 0 Å². The molecule has 668 valence electrons. The fourth-order valence-electron chi connectivity index (χ4n) is 23.2. The van der Waals surface area contributed by atoms with Crippen molar-refractivity contribution in [3.63, 3.8) is 0 Å². The molecule has 9 nitrogen and oxygen atoms in total. The number of fused-ring (bicyclic) bond motifs is 10. The van der Waals surface area contributed by atoms with Crippen molar-refractivity contribution < 1.29 is 0 Å². The van der Waals surface area contributed by atoms with Crippen LogP contribution in [0.5, 0.6) is 0 Å². The smallest absolute Gasteiger partial charge is 0.0992 e. The van der Waals surface area contributed by atoms with E-state index in [4.69, 9.17) is 9.97 Å². The van der Waals surface area contributed by atoms with Gasteiger partial charge in [-0.25, -0.2) is 9.97 Å². The number of rotatable bonds is 11. The summed E-state index contributed by atoms with van der Waals surface area (Å²) in [7, 11) is 0. The Kier molecular flexibility index (Phi) is 19.3. The number of benzene rings is 24. The third-order valence-corrected chi connectivity index (χ3v) is 29.8. The minimum atomic E-state index is 0.651. The van der Waals surface area contributed by atoms with Crippen LogP contribution in [0, 0.1) is 34.0 Å². The average molecular weight is 1840 g/mol. The van der Waals surface area contributed by atoms with E-state index in [0.29, 0.717) is 16.7 Å². The summed E-state index contributed by atoms with van der Waals surface area (Å²) < 4.78 is 6.86. The molecule has 24 aromatic carbocycles. The molecule has 0 saturated heterocycles. The van der Waals surface area contributed by atoms with Crippen molar-refractivity contribution in [2.45, 2.75) is 0 Å². The lowest BCUT2D eigenvalue weighted by Gasteiger charge is -2.17. The van der Waals surface area contributed by atoms with Gasteiger partial charge in [0, 0.05) is 84.0 Å². The quantitative estimate of drug-likeness (QED) is 0.119. The van der Waals surface area contributed by atoms with E-state index in [1.165, 1.54) is 152 Å². The zero-order valence-corrected chi connectivity index (χ0v) is 78.1. The Morgan fingerprint density at radius 2 is 0.414 bits per heavy atom. The van der Waals surface area contributed by atoms with Crippen LogP contribution in [0.25, 0.3) is 280 Å². The van der Waals surface area contributed by atoms with E-state index in [0.717, 1.165) is 128 Å². The van der Waals surface area contributed by atoms with Crippen LogP contribution < -0.4 is 0 Å². The second-order valence-electron chi connectivity index (χ2n) is 37.7. The summed E-state index contributed by atoms with van der Waals surface area (Å²) in [5, 5.41) is 61.0. The zero-order chi connectivity index (χ0) is 96.0. The maximum atomic E-state index is 9.72. The Morgan fingerprint density at radius 3 is 0.752 bits per heavy atom. The zero-order valence-electron chi connectivity index (χ0n) is 78.1. The molecule has 0 unspecified atom stereocenters. The topological polar surface area (TPSA) is 125 Å². The highest BCUT2D eigenvalue weighted by Gasteiger charge is 2.26. The highest BCUT2D eigenvalue weighted by molar-refractivity contribution is 6.32. The van der Waals surface area contributed by atoms with E-state index in [1.807, 2.05) is 72.8 Å². The molecule has 0 bridgehead atoms. The van der Waals surface area contributed by atoms with Gasteiger partial charge in [-0.3, -0.25) is 4.98 Å². The molecular formula is C136H79N9. The van der Waals surface area contributed by atoms with Gasteiger partial charge in [0.1, 0.15) is 0 Å². The molecule has 30 rings (SSSR count). The Morgan fingerprint density at radius 1 is 0.166 bits per heavy atom. The highest BCUT2D eigenvalue weighted by atomic mass is 15.0. The van der Waals surface area contributed by atoms with Crippen molar-refractivity contribution in [1.82, 2.24) is 28.7 Å².